The molecule has 0 heterocycles. The Bertz CT molecular complexity index is 866. The van der Waals surface area contributed by atoms with Gasteiger partial charge >= 0.3 is 0 Å². The van der Waals surface area contributed by atoms with Gasteiger partial charge in [-0.1, -0.05) is 24.3 Å². The molecular formula is C20H21N3O4S. The first kappa shape index (κ1) is 20.9. The van der Waals surface area contributed by atoms with Crippen LogP contribution in [0.25, 0.3) is 6.08 Å². The highest BCUT2D eigenvalue weighted by Crippen LogP contribution is 2.12. The number of ether oxygens (including phenoxy) is 2. The molecule has 146 valence electrons. The van der Waals surface area contributed by atoms with Gasteiger partial charge in [-0.3, -0.25) is 25.8 Å². The summed E-state index contributed by atoms with van der Waals surface area (Å²) in [6.45, 7) is 1.74. The smallest absolute Gasteiger partial charge is 0.276 e. The summed E-state index contributed by atoms with van der Waals surface area (Å²) in [6.07, 6.45) is 2.96. The summed E-state index contributed by atoms with van der Waals surface area (Å²) in [7, 11) is 1.58. The predicted octanol–water partition coefficient (Wildman–Crippen LogP) is 2.12. The van der Waals surface area contributed by atoms with Crippen LogP contribution >= 0.6 is 12.2 Å². The van der Waals surface area contributed by atoms with E-state index >= 15 is 0 Å². The van der Waals surface area contributed by atoms with Crippen molar-refractivity contribution in [3.05, 3.63) is 65.7 Å². The zero-order chi connectivity index (χ0) is 20.4. The minimum absolute atomic E-state index is 0.0340. The average Bonchev–Trinajstić information content (AvgIpc) is 2.69. The van der Waals surface area contributed by atoms with Crippen molar-refractivity contribution in [2.45, 2.75) is 6.92 Å². The van der Waals surface area contributed by atoms with Gasteiger partial charge in [0.2, 0.25) is 5.91 Å². The van der Waals surface area contributed by atoms with Crippen LogP contribution in [0.4, 0.5) is 0 Å². The van der Waals surface area contributed by atoms with Crippen LogP contribution in [0.1, 0.15) is 11.1 Å². The van der Waals surface area contributed by atoms with Crippen molar-refractivity contribution in [2.24, 2.45) is 0 Å². The van der Waals surface area contributed by atoms with Crippen LogP contribution in [-0.4, -0.2) is 30.6 Å². The number of methoxy groups -OCH3 is 1. The number of nitrogens with one attached hydrogen (secondary N) is 3. The zero-order valence-electron chi connectivity index (χ0n) is 15.5. The monoisotopic (exact) mass is 399 g/mol. The van der Waals surface area contributed by atoms with E-state index in [-0.39, 0.29) is 11.7 Å². The Morgan fingerprint density at radius 2 is 1.82 bits per heavy atom. The molecule has 0 saturated heterocycles. The van der Waals surface area contributed by atoms with Gasteiger partial charge in [-0.15, -0.1) is 0 Å². The maximum absolute atomic E-state index is 11.8. The van der Waals surface area contributed by atoms with Crippen molar-refractivity contribution in [1.29, 1.82) is 0 Å². The lowest BCUT2D eigenvalue weighted by molar-refractivity contribution is -0.123. The number of hydrogen-bond acceptors (Lipinski definition) is 5. The Morgan fingerprint density at radius 1 is 1.07 bits per heavy atom. The van der Waals surface area contributed by atoms with Gasteiger partial charge in [0.1, 0.15) is 11.5 Å². The summed E-state index contributed by atoms with van der Waals surface area (Å²) in [4.78, 5) is 23.6. The van der Waals surface area contributed by atoms with Crippen LogP contribution in [-0.2, 0) is 9.59 Å². The first-order valence-corrected chi connectivity index (χ1v) is 8.78. The molecule has 0 fully saturated rings. The number of carbonyl (C=O) groups is 2. The maximum atomic E-state index is 11.8. The molecule has 2 amide bonds. The molecule has 28 heavy (non-hydrogen) atoms. The second-order valence-corrected chi connectivity index (χ2v) is 6.11. The van der Waals surface area contributed by atoms with Crippen LogP contribution in [0.15, 0.2) is 54.6 Å². The summed E-state index contributed by atoms with van der Waals surface area (Å²) in [5, 5.41) is 2.39. The van der Waals surface area contributed by atoms with Gasteiger partial charge in [-0.05, 0) is 60.6 Å². The van der Waals surface area contributed by atoms with Gasteiger partial charge < -0.3 is 9.47 Å². The van der Waals surface area contributed by atoms with E-state index in [0.29, 0.717) is 5.75 Å². The number of rotatable bonds is 6. The Labute approximate surface area is 168 Å². The van der Waals surface area contributed by atoms with Gasteiger partial charge in [-0.25, -0.2) is 0 Å². The standard InChI is InChI=1S/C20H21N3O4S/c1-14-4-3-5-17(12-14)27-13-19(25)22-23-20(28)21-18(24)11-8-15-6-9-16(26-2)10-7-15/h3-12H,13H2,1-2H3,(H,22,25)(H2,21,23,24,28)/b11-8+. The maximum Gasteiger partial charge on any atom is 0.276 e. The Hall–Kier alpha value is -3.39. The summed E-state index contributed by atoms with van der Waals surface area (Å²) < 4.78 is 10.4. The summed E-state index contributed by atoms with van der Waals surface area (Å²) >= 11 is 4.96. The predicted molar refractivity (Wildman–Crippen MR) is 111 cm³/mol. The molecule has 2 rings (SSSR count). The number of thiocarbonyl (C=S) groups is 1. The number of aryl methyl sites for hydroxylation is 1. The largest absolute Gasteiger partial charge is 0.497 e. The van der Waals surface area contributed by atoms with Crippen LogP contribution in [0.2, 0.25) is 0 Å². The molecular weight excluding hydrogens is 378 g/mol. The molecule has 0 bridgehead atoms. The van der Waals surface area contributed by atoms with Crippen molar-refractivity contribution < 1.29 is 19.1 Å². The van der Waals surface area contributed by atoms with E-state index in [9.17, 15) is 9.59 Å². The SMILES string of the molecule is COc1ccc(/C=C/C(=O)NC(=S)NNC(=O)COc2cccc(C)c2)cc1. The molecule has 3 N–H and O–H groups in total. The lowest BCUT2D eigenvalue weighted by Gasteiger charge is -2.10. The quantitative estimate of drug-likeness (QED) is 0.392. The molecule has 2 aromatic carbocycles. The second kappa shape index (κ2) is 10.7. The van der Waals surface area contributed by atoms with Crippen molar-refractivity contribution >= 4 is 35.2 Å². The van der Waals surface area contributed by atoms with Gasteiger partial charge in [0, 0.05) is 6.08 Å². The fourth-order valence-electron chi connectivity index (χ4n) is 2.09. The zero-order valence-corrected chi connectivity index (χ0v) is 16.3. The Balaban J connectivity index is 1.69. The highest BCUT2D eigenvalue weighted by Gasteiger charge is 2.05. The lowest BCUT2D eigenvalue weighted by Crippen LogP contribution is -2.49. The highest BCUT2D eigenvalue weighted by atomic mass is 32.1. The third kappa shape index (κ3) is 7.46. The van der Waals surface area contributed by atoms with Crippen molar-refractivity contribution in [2.75, 3.05) is 13.7 Å². The van der Waals surface area contributed by atoms with Crippen LogP contribution < -0.4 is 25.6 Å². The molecule has 0 aliphatic heterocycles. The number of benzene rings is 2. The minimum atomic E-state index is -0.438. The van der Waals surface area contributed by atoms with Crippen molar-refractivity contribution in [3.8, 4) is 11.5 Å². The fraction of sp³-hybridized carbons (Fsp3) is 0.150. The molecule has 0 unspecified atom stereocenters. The number of hydrogen-bond donors (Lipinski definition) is 3. The topological polar surface area (TPSA) is 88.7 Å². The minimum Gasteiger partial charge on any atom is -0.497 e. The van der Waals surface area contributed by atoms with E-state index in [4.69, 9.17) is 21.7 Å². The second-order valence-electron chi connectivity index (χ2n) is 5.70. The third-order valence-electron chi connectivity index (χ3n) is 3.45. The molecule has 0 aliphatic carbocycles. The normalized spacial score (nSPS) is 10.2. The molecule has 0 aromatic heterocycles. The molecule has 0 radical (unpaired) electrons. The summed E-state index contributed by atoms with van der Waals surface area (Å²) in [5.41, 5.74) is 6.66. The average molecular weight is 399 g/mol. The molecule has 0 aliphatic rings. The highest BCUT2D eigenvalue weighted by molar-refractivity contribution is 7.80. The molecule has 0 saturated carbocycles. The van der Waals surface area contributed by atoms with Gasteiger partial charge in [-0.2, -0.15) is 0 Å². The molecule has 2 aromatic rings. The lowest BCUT2D eigenvalue weighted by atomic mass is 10.2. The van der Waals surface area contributed by atoms with Gasteiger partial charge in [0.05, 0.1) is 7.11 Å². The number of carbonyl (C=O) groups excluding carboxylic acids is 2. The fourth-order valence-corrected chi connectivity index (χ4v) is 2.24. The van der Waals surface area contributed by atoms with Crippen LogP contribution in [0.5, 0.6) is 11.5 Å². The van der Waals surface area contributed by atoms with Gasteiger partial charge in [0.15, 0.2) is 11.7 Å². The number of hydrazine groups is 1. The van der Waals surface area contributed by atoms with E-state index < -0.39 is 11.8 Å². The van der Waals surface area contributed by atoms with Crippen LogP contribution in [0.3, 0.4) is 0 Å². The summed E-state index contributed by atoms with van der Waals surface area (Å²) in [6, 6.07) is 14.6. The van der Waals surface area contributed by atoms with Crippen LogP contribution in [0, 0.1) is 6.92 Å². The van der Waals surface area contributed by atoms with E-state index in [1.807, 2.05) is 37.3 Å². The first-order valence-electron chi connectivity index (χ1n) is 8.37. The number of amides is 2. The Kier molecular flexibility index (Phi) is 7.98. The van der Waals surface area contributed by atoms with E-state index in [1.54, 1.807) is 31.4 Å². The van der Waals surface area contributed by atoms with E-state index in [2.05, 4.69) is 16.2 Å². The molecule has 0 atom stereocenters. The van der Waals surface area contributed by atoms with E-state index in [0.717, 1.165) is 16.9 Å². The van der Waals surface area contributed by atoms with Crippen molar-refractivity contribution in [3.63, 3.8) is 0 Å². The third-order valence-corrected chi connectivity index (χ3v) is 3.66. The summed E-state index contributed by atoms with van der Waals surface area (Å²) in [5.74, 6) is 0.453. The molecule has 8 heteroatoms. The molecule has 0 spiro atoms. The van der Waals surface area contributed by atoms with Crippen molar-refractivity contribution in [1.82, 2.24) is 16.2 Å². The molecule has 7 nitrogen and oxygen atoms in total. The van der Waals surface area contributed by atoms with E-state index in [1.165, 1.54) is 6.08 Å². The first-order chi connectivity index (χ1) is 13.5. The Morgan fingerprint density at radius 3 is 2.50 bits per heavy atom. The van der Waals surface area contributed by atoms with Gasteiger partial charge in [0.25, 0.3) is 5.91 Å².